The lowest BCUT2D eigenvalue weighted by Crippen LogP contribution is -2.48. The largest absolute Gasteiger partial charge is 0.305 e. The van der Waals surface area contributed by atoms with Crippen LogP contribution in [0.2, 0.25) is 0 Å². The first-order chi connectivity index (χ1) is 8.72. The van der Waals surface area contributed by atoms with E-state index in [1.54, 1.807) is 6.20 Å². The van der Waals surface area contributed by atoms with Crippen LogP contribution in [0.5, 0.6) is 0 Å². The number of nitrogens with two attached hydrogens (primary N) is 1. The molecule has 0 aromatic carbocycles. The normalized spacial score (nSPS) is 24.7. The van der Waals surface area contributed by atoms with E-state index in [0.717, 1.165) is 25.2 Å². The zero-order valence-electron chi connectivity index (χ0n) is 11.2. The van der Waals surface area contributed by atoms with Crippen LogP contribution in [0.1, 0.15) is 18.0 Å². The van der Waals surface area contributed by atoms with Crippen molar-refractivity contribution < 1.29 is 0 Å². The zero-order valence-corrected chi connectivity index (χ0v) is 11.2. The van der Waals surface area contributed by atoms with E-state index in [0.29, 0.717) is 6.04 Å². The summed E-state index contributed by atoms with van der Waals surface area (Å²) >= 11 is 0. The van der Waals surface area contributed by atoms with Crippen LogP contribution >= 0.6 is 0 Å². The smallest absolute Gasteiger partial charge is 0.0642 e. The van der Waals surface area contributed by atoms with E-state index >= 15 is 0 Å². The molecule has 0 spiro atoms. The number of rotatable bonds is 3. The highest BCUT2D eigenvalue weighted by atomic mass is 15.3. The number of nitrogens with zero attached hydrogens (tertiary/aromatic N) is 3. The summed E-state index contributed by atoms with van der Waals surface area (Å²) in [6.07, 6.45) is 4.89. The third-order valence-corrected chi connectivity index (χ3v) is 3.72. The second kappa shape index (κ2) is 6.24. The Hall–Kier alpha value is -1.01. The molecule has 100 valence electrons. The number of hydrogen-bond donors (Lipinski definition) is 2. The molecule has 0 amide bonds. The Morgan fingerprint density at radius 3 is 2.94 bits per heavy atom. The summed E-state index contributed by atoms with van der Waals surface area (Å²) in [5, 5.41) is 0. The molecule has 0 bridgehead atoms. The fourth-order valence-electron chi connectivity index (χ4n) is 2.66. The van der Waals surface area contributed by atoms with Crippen LogP contribution in [-0.2, 0) is 0 Å². The van der Waals surface area contributed by atoms with Gasteiger partial charge in [0.2, 0.25) is 0 Å². The van der Waals surface area contributed by atoms with E-state index < -0.39 is 0 Å². The number of hydrazine groups is 1. The number of aromatic nitrogens is 1. The van der Waals surface area contributed by atoms with Gasteiger partial charge >= 0.3 is 0 Å². The molecule has 5 nitrogen and oxygen atoms in total. The summed E-state index contributed by atoms with van der Waals surface area (Å²) in [4.78, 5) is 8.95. The van der Waals surface area contributed by atoms with E-state index in [2.05, 4.69) is 40.4 Å². The van der Waals surface area contributed by atoms with Crippen molar-refractivity contribution in [3.8, 4) is 0 Å². The van der Waals surface area contributed by atoms with Gasteiger partial charge in [-0.25, -0.2) is 0 Å². The van der Waals surface area contributed by atoms with Gasteiger partial charge in [-0.3, -0.25) is 16.3 Å². The molecule has 1 fully saturated rings. The molecule has 1 aromatic rings. The van der Waals surface area contributed by atoms with Crippen molar-refractivity contribution in [2.24, 2.45) is 5.84 Å². The van der Waals surface area contributed by atoms with E-state index in [4.69, 9.17) is 5.84 Å². The van der Waals surface area contributed by atoms with Crippen molar-refractivity contribution in [1.82, 2.24) is 20.2 Å². The maximum atomic E-state index is 5.77. The SMILES string of the molecule is CN1CCCN(C)C(C(NN)c2cccnc2)C1. The van der Waals surface area contributed by atoms with Crippen LogP contribution in [-0.4, -0.2) is 54.6 Å². The van der Waals surface area contributed by atoms with Crippen LogP contribution in [0.25, 0.3) is 0 Å². The van der Waals surface area contributed by atoms with Crippen LogP contribution in [0.4, 0.5) is 0 Å². The minimum Gasteiger partial charge on any atom is -0.305 e. The average molecular weight is 249 g/mol. The van der Waals surface area contributed by atoms with Gasteiger partial charge in [0.1, 0.15) is 0 Å². The Morgan fingerprint density at radius 2 is 2.28 bits per heavy atom. The molecule has 18 heavy (non-hydrogen) atoms. The maximum absolute atomic E-state index is 5.77. The predicted molar refractivity (Wildman–Crippen MR) is 72.8 cm³/mol. The molecule has 2 rings (SSSR count). The molecular formula is C13H23N5. The Bertz CT molecular complexity index is 356. The van der Waals surface area contributed by atoms with Gasteiger partial charge in [-0.05, 0) is 45.2 Å². The van der Waals surface area contributed by atoms with Gasteiger partial charge in [0.05, 0.1) is 6.04 Å². The molecule has 2 heterocycles. The van der Waals surface area contributed by atoms with Gasteiger partial charge in [-0.2, -0.15) is 0 Å². The molecule has 3 N–H and O–H groups in total. The topological polar surface area (TPSA) is 57.4 Å². The molecule has 0 saturated carbocycles. The van der Waals surface area contributed by atoms with Crippen LogP contribution in [0, 0.1) is 0 Å². The molecular weight excluding hydrogens is 226 g/mol. The number of pyridine rings is 1. The highest BCUT2D eigenvalue weighted by molar-refractivity contribution is 5.16. The Kier molecular flexibility index (Phi) is 4.66. The summed E-state index contributed by atoms with van der Waals surface area (Å²) in [7, 11) is 4.34. The summed E-state index contributed by atoms with van der Waals surface area (Å²) < 4.78 is 0. The monoisotopic (exact) mass is 249 g/mol. The second-order valence-corrected chi connectivity index (χ2v) is 5.09. The van der Waals surface area contributed by atoms with Gasteiger partial charge < -0.3 is 9.80 Å². The number of nitrogens with one attached hydrogen (secondary N) is 1. The van der Waals surface area contributed by atoms with Gasteiger partial charge in [0, 0.05) is 25.0 Å². The second-order valence-electron chi connectivity index (χ2n) is 5.09. The highest BCUT2D eigenvalue weighted by Crippen LogP contribution is 2.21. The zero-order chi connectivity index (χ0) is 13.0. The van der Waals surface area contributed by atoms with E-state index in [1.165, 1.54) is 6.42 Å². The Labute approximate surface area is 109 Å². The van der Waals surface area contributed by atoms with E-state index in [9.17, 15) is 0 Å². The van der Waals surface area contributed by atoms with Crippen molar-refractivity contribution >= 4 is 0 Å². The molecule has 2 unspecified atom stereocenters. The predicted octanol–water partition coefficient (Wildman–Crippen LogP) is 0.222. The van der Waals surface area contributed by atoms with Gasteiger partial charge in [-0.15, -0.1) is 0 Å². The summed E-state index contributed by atoms with van der Waals surface area (Å²) in [6.45, 7) is 3.26. The van der Waals surface area contributed by atoms with E-state index in [1.807, 2.05) is 12.3 Å². The van der Waals surface area contributed by atoms with Crippen LogP contribution < -0.4 is 11.3 Å². The van der Waals surface area contributed by atoms with E-state index in [-0.39, 0.29) is 6.04 Å². The average Bonchev–Trinajstić information content (AvgIpc) is 2.54. The standard InChI is InChI=1S/C13H23N5/c1-17-7-4-8-18(2)12(10-17)13(16-14)11-5-3-6-15-9-11/h3,5-6,9,12-13,16H,4,7-8,10,14H2,1-2H3. The molecule has 1 aliphatic rings. The fourth-order valence-corrected chi connectivity index (χ4v) is 2.66. The number of likely N-dealkylation sites (N-methyl/N-ethyl adjacent to an activating group) is 2. The third kappa shape index (κ3) is 3.05. The lowest BCUT2D eigenvalue weighted by molar-refractivity contribution is 0.178. The third-order valence-electron chi connectivity index (χ3n) is 3.72. The summed E-state index contributed by atoms with van der Waals surface area (Å²) in [6, 6.07) is 4.52. The molecule has 0 radical (unpaired) electrons. The van der Waals surface area contributed by atoms with Crippen molar-refractivity contribution in [3.05, 3.63) is 30.1 Å². The highest BCUT2D eigenvalue weighted by Gasteiger charge is 2.28. The minimum atomic E-state index is 0.115. The lowest BCUT2D eigenvalue weighted by atomic mass is 10.00. The first-order valence-corrected chi connectivity index (χ1v) is 6.47. The maximum Gasteiger partial charge on any atom is 0.0642 e. The van der Waals surface area contributed by atoms with Gasteiger partial charge in [-0.1, -0.05) is 6.07 Å². The first kappa shape index (κ1) is 13.4. The lowest BCUT2D eigenvalue weighted by Gasteiger charge is -2.34. The van der Waals surface area contributed by atoms with Crippen molar-refractivity contribution in [2.75, 3.05) is 33.7 Å². The summed E-state index contributed by atoms with van der Waals surface area (Å²) in [5.41, 5.74) is 4.10. The number of hydrogen-bond acceptors (Lipinski definition) is 5. The molecule has 2 atom stereocenters. The van der Waals surface area contributed by atoms with Gasteiger partial charge in [0.15, 0.2) is 0 Å². The molecule has 1 aromatic heterocycles. The Balaban J connectivity index is 2.19. The van der Waals surface area contributed by atoms with Crippen molar-refractivity contribution in [1.29, 1.82) is 0 Å². The van der Waals surface area contributed by atoms with Crippen LogP contribution in [0.15, 0.2) is 24.5 Å². The molecule has 5 heteroatoms. The first-order valence-electron chi connectivity index (χ1n) is 6.47. The summed E-state index contributed by atoms with van der Waals surface area (Å²) in [5.74, 6) is 5.77. The van der Waals surface area contributed by atoms with Crippen molar-refractivity contribution in [2.45, 2.75) is 18.5 Å². The molecule has 1 saturated heterocycles. The minimum absolute atomic E-state index is 0.115. The quantitative estimate of drug-likeness (QED) is 0.593. The van der Waals surface area contributed by atoms with Crippen molar-refractivity contribution in [3.63, 3.8) is 0 Å². The molecule has 1 aliphatic heterocycles. The van der Waals surface area contributed by atoms with Gasteiger partial charge in [0.25, 0.3) is 0 Å². The fraction of sp³-hybridized carbons (Fsp3) is 0.615. The Morgan fingerprint density at radius 1 is 1.44 bits per heavy atom. The van der Waals surface area contributed by atoms with Crippen LogP contribution in [0.3, 0.4) is 0 Å². The molecule has 0 aliphatic carbocycles.